The minimum Gasteiger partial charge on any atom is -0.480 e. The number of alkyl halides is 2. The van der Waals surface area contributed by atoms with Crippen molar-refractivity contribution in [2.45, 2.75) is 48.5 Å². The van der Waals surface area contributed by atoms with Crippen LogP contribution in [0.15, 0.2) is 45.8 Å². The van der Waals surface area contributed by atoms with E-state index in [4.69, 9.17) is 18.6 Å². The molecule has 11 nitrogen and oxygen atoms in total. The Balaban J connectivity index is 1.25. The van der Waals surface area contributed by atoms with Gasteiger partial charge in [-0.3, -0.25) is 0 Å². The van der Waals surface area contributed by atoms with Gasteiger partial charge in [0.05, 0.1) is 32.4 Å². The van der Waals surface area contributed by atoms with Crippen molar-refractivity contribution in [1.82, 2.24) is 15.0 Å². The number of thioether (sulfide) groups is 1. The molecule has 0 amide bonds. The summed E-state index contributed by atoms with van der Waals surface area (Å²) in [5.41, 5.74) is 1.17. The van der Waals surface area contributed by atoms with Gasteiger partial charge in [-0.2, -0.15) is 0 Å². The van der Waals surface area contributed by atoms with Crippen molar-refractivity contribution >= 4 is 51.3 Å². The fraction of sp³-hybridized carbons (Fsp3) is 0.448. The van der Waals surface area contributed by atoms with Gasteiger partial charge in [0.25, 0.3) is 6.43 Å². The number of halogens is 2. The number of hydrogen-bond donors (Lipinski definition) is 1. The van der Waals surface area contributed by atoms with Crippen molar-refractivity contribution in [2.24, 2.45) is 0 Å². The van der Waals surface area contributed by atoms with Crippen LogP contribution in [-0.4, -0.2) is 89.0 Å². The SMILES string of the molecule is CSc1cnc(O[C@H]2C[C@@H](C(=O)O)N(c3nc(C(F)F)nc4c3oc3ccccc34)C2)c(N2CCOC3(COC3)[C@@H]2C)c1. The minimum atomic E-state index is -2.96. The first-order valence-electron chi connectivity index (χ1n) is 13.9. The number of para-hydroxylation sites is 1. The molecule has 3 aliphatic rings. The van der Waals surface area contributed by atoms with E-state index in [1.807, 2.05) is 12.3 Å². The van der Waals surface area contributed by atoms with E-state index in [1.165, 1.54) is 4.90 Å². The normalized spacial score (nSPS) is 23.4. The van der Waals surface area contributed by atoms with Gasteiger partial charge < -0.3 is 33.5 Å². The second-order valence-corrected chi connectivity index (χ2v) is 11.8. The number of anilines is 2. The fourth-order valence-electron chi connectivity index (χ4n) is 6.13. The number of pyridine rings is 1. The number of ether oxygens (including phenoxy) is 3. The number of nitrogens with zero attached hydrogens (tertiary/aromatic N) is 5. The number of morpholine rings is 1. The van der Waals surface area contributed by atoms with E-state index in [0.29, 0.717) is 43.2 Å². The van der Waals surface area contributed by atoms with E-state index in [9.17, 15) is 18.7 Å². The minimum absolute atomic E-state index is 0.00496. The van der Waals surface area contributed by atoms with E-state index >= 15 is 0 Å². The Hall–Kier alpha value is -3.75. The highest BCUT2D eigenvalue weighted by molar-refractivity contribution is 7.98. The van der Waals surface area contributed by atoms with Crippen LogP contribution in [0.2, 0.25) is 0 Å². The van der Waals surface area contributed by atoms with Crippen molar-refractivity contribution in [1.29, 1.82) is 0 Å². The molecule has 1 spiro atoms. The quantitative estimate of drug-likeness (QED) is 0.295. The average molecular weight is 614 g/mol. The molecule has 3 saturated heterocycles. The first kappa shape index (κ1) is 28.0. The zero-order chi connectivity index (χ0) is 29.9. The average Bonchev–Trinajstić information content (AvgIpc) is 3.58. The predicted octanol–water partition coefficient (Wildman–Crippen LogP) is 4.54. The molecule has 14 heteroatoms. The molecule has 7 rings (SSSR count). The number of furan rings is 1. The van der Waals surface area contributed by atoms with Gasteiger partial charge in [0.15, 0.2) is 17.2 Å². The van der Waals surface area contributed by atoms with Crippen LogP contribution in [-0.2, 0) is 14.3 Å². The number of fused-ring (bicyclic) bond motifs is 3. The third-order valence-corrected chi connectivity index (χ3v) is 9.20. The number of hydrogen-bond acceptors (Lipinski definition) is 11. The van der Waals surface area contributed by atoms with Crippen LogP contribution in [0.1, 0.15) is 25.6 Å². The van der Waals surface area contributed by atoms with Crippen molar-refractivity contribution < 1.29 is 37.3 Å². The molecule has 6 heterocycles. The van der Waals surface area contributed by atoms with Crippen LogP contribution in [0.25, 0.3) is 22.1 Å². The summed E-state index contributed by atoms with van der Waals surface area (Å²) in [5, 5.41) is 10.7. The molecule has 0 bridgehead atoms. The lowest BCUT2D eigenvalue weighted by Gasteiger charge is -2.53. The molecule has 1 N–H and O–H groups in total. The number of carboxylic acids is 1. The molecule has 4 aromatic rings. The Morgan fingerprint density at radius 2 is 2.05 bits per heavy atom. The summed E-state index contributed by atoms with van der Waals surface area (Å²) < 4.78 is 51.9. The molecule has 3 fully saturated rings. The Morgan fingerprint density at radius 1 is 1.23 bits per heavy atom. The molecule has 226 valence electrons. The highest BCUT2D eigenvalue weighted by Crippen LogP contribution is 2.41. The summed E-state index contributed by atoms with van der Waals surface area (Å²) in [6.45, 7) is 4.29. The second kappa shape index (κ2) is 10.8. The summed E-state index contributed by atoms with van der Waals surface area (Å²) in [4.78, 5) is 29.9. The Morgan fingerprint density at radius 3 is 2.77 bits per heavy atom. The van der Waals surface area contributed by atoms with Crippen LogP contribution in [0.5, 0.6) is 5.88 Å². The number of aliphatic carboxylic acids is 1. The molecule has 0 unspecified atom stereocenters. The summed E-state index contributed by atoms with van der Waals surface area (Å²) in [5.74, 6) is -1.47. The lowest BCUT2D eigenvalue weighted by Crippen LogP contribution is -2.68. The Bertz CT molecular complexity index is 1700. The summed E-state index contributed by atoms with van der Waals surface area (Å²) in [7, 11) is 0. The molecule has 3 aliphatic heterocycles. The fourth-order valence-corrected chi connectivity index (χ4v) is 6.51. The summed E-state index contributed by atoms with van der Waals surface area (Å²) in [6, 6.07) is 7.82. The lowest BCUT2D eigenvalue weighted by atomic mass is 9.90. The van der Waals surface area contributed by atoms with Gasteiger partial charge in [0, 0.05) is 29.4 Å². The molecular formula is C29H29F2N5O6S. The Labute approximate surface area is 249 Å². The largest absolute Gasteiger partial charge is 0.480 e. The highest BCUT2D eigenvalue weighted by atomic mass is 32.2. The molecule has 0 radical (unpaired) electrons. The first-order valence-corrected chi connectivity index (χ1v) is 15.2. The van der Waals surface area contributed by atoms with Crippen molar-refractivity contribution in [3.05, 3.63) is 42.4 Å². The van der Waals surface area contributed by atoms with Crippen LogP contribution >= 0.6 is 11.8 Å². The predicted molar refractivity (Wildman–Crippen MR) is 154 cm³/mol. The van der Waals surface area contributed by atoms with Crippen molar-refractivity contribution in [3.8, 4) is 5.88 Å². The number of rotatable bonds is 7. The second-order valence-electron chi connectivity index (χ2n) is 10.9. The monoisotopic (exact) mass is 613 g/mol. The number of aromatic nitrogens is 3. The van der Waals surface area contributed by atoms with Crippen LogP contribution in [0.3, 0.4) is 0 Å². The van der Waals surface area contributed by atoms with E-state index < -0.39 is 36.0 Å². The maximum Gasteiger partial charge on any atom is 0.326 e. The van der Waals surface area contributed by atoms with E-state index in [-0.39, 0.29) is 35.9 Å². The van der Waals surface area contributed by atoms with Crippen LogP contribution in [0.4, 0.5) is 20.3 Å². The molecule has 0 saturated carbocycles. The van der Waals surface area contributed by atoms with Gasteiger partial charge in [-0.1, -0.05) is 12.1 Å². The van der Waals surface area contributed by atoms with E-state index in [2.05, 4.69) is 26.8 Å². The molecule has 43 heavy (non-hydrogen) atoms. The zero-order valence-electron chi connectivity index (χ0n) is 23.4. The highest BCUT2D eigenvalue weighted by Gasteiger charge is 2.50. The topological polar surface area (TPSA) is 123 Å². The third-order valence-electron chi connectivity index (χ3n) is 8.51. The molecular weight excluding hydrogens is 584 g/mol. The Kier molecular flexibility index (Phi) is 7.01. The van der Waals surface area contributed by atoms with Crippen LogP contribution in [0, 0.1) is 0 Å². The van der Waals surface area contributed by atoms with Gasteiger partial charge in [-0.25, -0.2) is 28.5 Å². The summed E-state index contributed by atoms with van der Waals surface area (Å²) >= 11 is 1.56. The molecule has 1 aromatic carbocycles. The van der Waals surface area contributed by atoms with Crippen LogP contribution < -0.4 is 14.5 Å². The van der Waals surface area contributed by atoms with E-state index in [0.717, 1.165) is 10.6 Å². The lowest BCUT2D eigenvalue weighted by molar-refractivity contribution is -0.228. The number of benzene rings is 1. The van der Waals surface area contributed by atoms with Crippen molar-refractivity contribution in [2.75, 3.05) is 49.0 Å². The summed E-state index contributed by atoms with van der Waals surface area (Å²) in [6.07, 6.45) is 0.166. The smallest absolute Gasteiger partial charge is 0.326 e. The number of carbonyl (C=O) groups is 1. The maximum atomic E-state index is 13.9. The molecule has 0 aliphatic carbocycles. The molecule has 3 aromatic heterocycles. The van der Waals surface area contributed by atoms with Gasteiger partial charge in [-0.05, 0) is 31.4 Å². The zero-order valence-corrected chi connectivity index (χ0v) is 24.2. The van der Waals surface area contributed by atoms with Gasteiger partial charge in [0.1, 0.15) is 34.5 Å². The number of carboxylic acid groups (broad SMARTS) is 1. The van der Waals surface area contributed by atoms with E-state index in [1.54, 1.807) is 42.2 Å². The standard InChI is InChI=1S/C29H29F2N5O6S/c1-15-29(13-39-14-29)40-8-7-35(15)19-10-17(43-2)11-32-27(19)41-16-9-20(28(37)38)36(12-16)26-23-22(33-25(34-26)24(30)31)18-5-3-4-6-21(18)42-23/h3-6,10-11,15-16,20,24H,7-9,12-14H2,1-2H3,(H,37,38)/t15-,16-,20-/m0/s1. The van der Waals surface area contributed by atoms with Gasteiger partial charge in [0.2, 0.25) is 5.88 Å². The van der Waals surface area contributed by atoms with Gasteiger partial charge >= 0.3 is 5.97 Å². The third kappa shape index (κ3) is 4.71. The van der Waals surface area contributed by atoms with Gasteiger partial charge in [-0.15, -0.1) is 11.8 Å². The first-order chi connectivity index (χ1) is 20.8. The van der Waals surface area contributed by atoms with Crippen molar-refractivity contribution in [3.63, 3.8) is 0 Å². The molecule has 3 atom stereocenters. The maximum absolute atomic E-state index is 13.9.